The van der Waals surface area contributed by atoms with E-state index in [-0.39, 0.29) is 12.1 Å². The number of hydrogen-bond acceptors (Lipinski definition) is 5. The third-order valence-electron chi connectivity index (χ3n) is 3.26. The van der Waals surface area contributed by atoms with E-state index in [9.17, 15) is 4.79 Å². The zero-order valence-corrected chi connectivity index (χ0v) is 12.9. The van der Waals surface area contributed by atoms with Gasteiger partial charge in [0, 0.05) is 25.3 Å². The molecule has 0 saturated carbocycles. The Morgan fingerprint density at radius 3 is 2.95 bits per heavy atom. The molecule has 1 saturated heterocycles. The number of nitrogens with two attached hydrogens (primary N) is 1. The first-order valence-electron chi connectivity index (χ1n) is 7.30. The minimum atomic E-state index is -0.482. The quantitative estimate of drug-likeness (QED) is 0.873. The predicted molar refractivity (Wildman–Crippen MR) is 83.3 cm³/mol. The molecule has 2 rings (SSSR count). The van der Waals surface area contributed by atoms with Crippen molar-refractivity contribution in [1.82, 2.24) is 10.3 Å². The van der Waals surface area contributed by atoms with Crippen molar-refractivity contribution in [1.29, 1.82) is 0 Å². The third kappa shape index (κ3) is 4.51. The van der Waals surface area contributed by atoms with Crippen molar-refractivity contribution in [3.63, 3.8) is 0 Å². The summed E-state index contributed by atoms with van der Waals surface area (Å²) in [5, 5.41) is 2.92. The van der Waals surface area contributed by atoms with Gasteiger partial charge < -0.3 is 20.7 Å². The van der Waals surface area contributed by atoms with Crippen molar-refractivity contribution in [2.45, 2.75) is 45.3 Å². The van der Waals surface area contributed by atoms with Gasteiger partial charge in [0.15, 0.2) is 5.82 Å². The summed E-state index contributed by atoms with van der Waals surface area (Å²) in [7, 11) is 0. The highest BCUT2D eigenvalue weighted by Gasteiger charge is 2.25. The summed E-state index contributed by atoms with van der Waals surface area (Å²) in [6.07, 6.45) is 3.28. The molecule has 1 atom stereocenters. The maximum absolute atomic E-state index is 11.8. The predicted octanol–water partition coefficient (Wildman–Crippen LogP) is 2.16. The number of pyridine rings is 1. The third-order valence-corrected chi connectivity index (χ3v) is 3.26. The van der Waals surface area contributed by atoms with E-state index in [1.54, 1.807) is 6.20 Å². The second-order valence-electron chi connectivity index (χ2n) is 6.35. The van der Waals surface area contributed by atoms with E-state index in [4.69, 9.17) is 10.5 Å². The van der Waals surface area contributed by atoms with Crippen LogP contribution in [0.3, 0.4) is 0 Å². The zero-order valence-electron chi connectivity index (χ0n) is 12.9. The van der Waals surface area contributed by atoms with E-state index >= 15 is 0 Å². The van der Waals surface area contributed by atoms with Crippen LogP contribution in [0.15, 0.2) is 18.3 Å². The molecule has 0 radical (unpaired) electrons. The van der Waals surface area contributed by atoms with Gasteiger partial charge in [-0.1, -0.05) is 0 Å². The summed E-state index contributed by atoms with van der Waals surface area (Å²) < 4.78 is 5.30. The fourth-order valence-electron chi connectivity index (χ4n) is 2.44. The molecule has 6 heteroatoms. The SMILES string of the molecule is CC(C)(C)OC(=O)NC1CCCN(c2ncccc2N)C1. The van der Waals surface area contributed by atoms with Crippen LogP contribution in [0.5, 0.6) is 0 Å². The number of hydrogen-bond donors (Lipinski definition) is 2. The minimum absolute atomic E-state index is 0.0509. The molecule has 1 fully saturated rings. The van der Waals surface area contributed by atoms with Gasteiger partial charge in [0.1, 0.15) is 5.60 Å². The maximum atomic E-state index is 11.8. The molecule has 1 aromatic rings. The lowest BCUT2D eigenvalue weighted by molar-refractivity contribution is 0.0500. The number of aromatic nitrogens is 1. The summed E-state index contributed by atoms with van der Waals surface area (Å²) in [6, 6.07) is 3.71. The van der Waals surface area contributed by atoms with Crippen molar-refractivity contribution in [3.05, 3.63) is 18.3 Å². The lowest BCUT2D eigenvalue weighted by Crippen LogP contribution is -2.49. The number of carbonyl (C=O) groups is 1. The number of nitrogens with one attached hydrogen (secondary N) is 1. The normalized spacial score (nSPS) is 19.2. The first kappa shape index (κ1) is 15.4. The van der Waals surface area contributed by atoms with Crippen molar-refractivity contribution in [2.24, 2.45) is 0 Å². The molecule has 0 aromatic carbocycles. The topological polar surface area (TPSA) is 80.5 Å². The summed E-state index contributed by atoms with van der Waals surface area (Å²) in [6.45, 7) is 7.16. The van der Waals surface area contributed by atoms with Gasteiger partial charge in [-0.15, -0.1) is 0 Å². The number of rotatable bonds is 2. The Hall–Kier alpha value is -1.98. The van der Waals surface area contributed by atoms with Gasteiger partial charge in [0.25, 0.3) is 0 Å². The molecule has 1 aromatic heterocycles. The molecule has 1 unspecified atom stereocenters. The molecule has 0 aliphatic carbocycles. The van der Waals surface area contributed by atoms with Crippen LogP contribution in [0.1, 0.15) is 33.6 Å². The molecule has 1 amide bonds. The number of piperidine rings is 1. The molecule has 116 valence electrons. The van der Waals surface area contributed by atoms with E-state index < -0.39 is 5.60 Å². The number of carbonyl (C=O) groups excluding carboxylic acids is 1. The van der Waals surface area contributed by atoms with Gasteiger partial charge in [-0.25, -0.2) is 9.78 Å². The average Bonchev–Trinajstić information content (AvgIpc) is 2.37. The highest BCUT2D eigenvalue weighted by atomic mass is 16.6. The second kappa shape index (κ2) is 6.20. The smallest absolute Gasteiger partial charge is 0.407 e. The standard InChI is InChI=1S/C15H24N4O2/c1-15(2,3)21-14(20)18-11-6-5-9-19(10-11)13-12(16)7-4-8-17-13/h4,7-8,11H,5-6,9-10,16H2,1-3H3,(H,18,20). The lowest BCUT2D eigenvalue weighted by atomic mass is 10.1. The number of anilines is 2. The van der Waals surface area contributed by atoms with Gasteiger partial charge in [-0.3, -0.25) is 0 Å². The Morgan fingerprint density at radius 2 is 2.29 bits per heavy atom. The van der Waals surface area contributed by atoms with Crippen LogP contribution >= 0.6 is 0 Å². The van der Waals surface area contributed by atoms with Gasteiger partial charge in [0.2, 0.25) is 0 Å². The zero-order chi connectivity index (χ0) is 15.5. The lowest BCUT2D eigenvalue weighted by Gasteiger charge is -2.34. The summed E-state index contributed by atoms with van der Waals surface area (Å²) in [5.74, 6) is 0.785. The molecule has 1 aliphatic heterocycles. The Balaban J connectivity index is 1.95. The fraction of sp³-hybridized carbons (Fsp3) is 0.600. The van der Waals surface area contributed by atoms with Gasteiger partial charge in [-0.05, 0) is 45.7 Å². The number of ether oxygens (including phenoxy) is 1. The molecule has 3 N–H and O–H groups in total. The number of alkyl carbamates (subject to hydrolysis) is 1. The largest absolute Gasteiger partial charge is 0.444 e. The van der Waals surface area contributed by atoms with E-state index in [1.807, 2.05) is 32.9 Å². The molecular formula is C15H24N4O2. The van der Waals surface area contributed by atoms with Crippen LogP contribution < -0.4 is 16.0 Å². The van der Waals surface area contributed by atoms with Gasteiger partial charge in [0.05, 0.1) is 5.69 Å². The fourth-order valence-corrected chi connectivity index (χ4v) is 2.44. The maximum Gasteiger partial charge on any atom is 0.407 e. The Kier molecular flexibility index (Phi) is 4.55. The van der Waals surface area contributed by atoms with Crippen LogP contribution in [-0.4, -0.2) is 35.8 Å². The molecule has 0 bridgehead atoms. The van der Waals surface area contributed by atoms with Crippen LogP contribution in [0.4, 0.5) is 16.3 Å². The molecule has 1 aliphatic rings. The van der Waals surface area contributed by atoms with Crippen molar-refractivity contribution in [3.8, 4) is 0 Å². The number of nitrogen functional groups attached to an aromatic ring is 1. The molecule has 21 heavy (non-hydrogen) atoms. The Morgan fingerprint density at radius 1 is 1.52 bits per heavy atom. The summed E-state index contributed by atoms with van der Waals surface area (Å²) in [4.78, 5) is 18.3. The number of amides is 1. The van der Waals surface area contributed by atoms with E-state index in [0.29, 0.717) is 12.2 Å². The minimum Gasteiger partial charge on any atom is -0.444 e. The highest BCUT2D eigenvalue weighted by molar-refractivity contribution is 5.68. The Labute approximate surface area is 125 Å². The van der Waals surface area contributed by atoms with Gasteiger partial charge in [-0.2, -0.15) is 0 Å². The summed E-state index contributed by atoms with van der Waals surface area (Å²) in [5.41, 5.74) is 6.15. The van der Waals surface area contributed by atoms with Gasteiger partial charge >= 0.3 is 6.09 Å². The van der Waals surface area contributed by atoms with E-state index in [0.717, 1.165) is 25.2 Å². The van der Waals surface area contributed by atoms with E-state index in [1.165, 1.54) is 0 Å². The molecule has 2 heterocycles. The summed E-state index contributed by atoms with van der Waals surface area (Å²) >= 11 is 0. The van der Waals surface area contributed by atoms with Crippen molar-refractivity contribution < 1.29 is 9.53 Å². The van der Waals surface area contributed by atoms with Crippen molar-refractivity contribution in [2.75, 3.05) is 23.7 Å². The van der Waals surface area contributed by atoms with E-state index in [2.05, 4.69) is 15.2 Å². The first-order chi connectivity index (χ1) is 9.85. The van der Waals surface area contributed by atoms with Crippen LogP contribution in [0.25, 0.3) is 0 Å². The second-order valence-corrected chi connectivity index (χ2v) is 6.35. The molecular weight excluding hydrogens is 268 g/mol. The van der Waals surface area contributed by atoms with Crippen LogP contribution in [-0.2, 0) is 4.74 Å². The Bertz CT molecular complexity index is 499. The highest BCUT2D eigenvalue weighted by Crippen LogP contribution is 2.23. The van der Waals surface area contributed by atoms with Crippen LogP contribution in [0.2, 0.25) is 0 Å². The first-order valence-corrected chi connectivity index (χ1v) is 7.30. The van der Waals surface area contributed by atoms with Crippen molar-refractivity contribution >= 4 is 17.6 Å². The number of nitrogens with zero attached hydrogens (tertiary/aromatic N) is 2. The monoisotopic (exact) mass is 292 g/mol. The van der Waals surface area contributed by atoms with Crippen LogP contribution in [0, 0.1) is 0 Å². The molecule has 0 spiro atoms. The average molecular weight is 292 g/mol. The molecule has 6 nitrogen and oxygen atoms in total.